The van der Waals surface area contributed by atoms with Crippen LogP contribution in [0.1, 0.15) is 20.3 Å². The first-order valence-electron chi connectivity index (χ1n) is 7.50. The van der Waals surface area contributed by atoms with E-state index in [2.05, 4.69) is 15.6 Å². The van der Waals surface area contributed by atoms with Crippen molar-refractivity contribution in [3.8, 4) is 5.75 Å². The summed E-state index contributed by atoms with van der Waals surface area (Å²) in [5.41, 5.74) is 0. The third-order valence-corrected chi connectivity index (χ3v) is 2.82. The molecule has 5 nitrogen and oxygen atoms in total. The van der Waals surface area contributed by atoms with Crippen LogP contribution in [-0.2, 0) is 4.74 Å². The van der Waals surface area contributed by atoms with Crippen molar-refractivity contribution in [3.63, 3.8) is 0 Å². The molecule has 0 spiro atoms. The van der Waals surface area contributed by atoms with Gasteiger partial charge in [-0.15, -0.1) is 24.0 Å². The van der Waals surface area contributed by atoms with Crippen LogP contribution in [0.4, 0.5) is 0 Å². The van der Waals surface area contributed by atoms with E-state index in [1.165, 1.54) is 0 Å². The average molecular weight is 421 g/mol. The van der Waals surface area contributed by atoms with Gasteiger partial charge in [-0.25, -0.2) is 0 Å². The Bertz CT molecular complexity index is 402. The molecule has 1 rings (SSSR count). The summed E-state index contributed by atoms with van der Waals surface area (Å²) in [5, 5.41) is 6.50. The molecule has 0 amide bonds. The van der Waals surface area contributed by atoms with Crippen LogP contribution in [0.15, 0.2) is 35.3 Å². The van der Waals surface area contributed by atoms with Crippen LogP contribution in [0.5, 0.6) is 5.75 Å². The van der Waals surface area contributed by atoms with Gasteiger partial charge >= 0.3 is 0 Å². The van der Waals surface area contributed by atoms with Crippen molar-refractivity contribution in [1.82, 2.24) is 10.6 Å². The van der Waals surface area contributed by atoms with Crippen molar-refractivity contribution in [2.75, 3.05) is 33.4 Å². The molecule has 0 aliphatic rings. The largest absolute Gasteiger partial charge is 0.489 e. The fraction of sp³-hybridized carbons (Fsp3) is 0.562. The molecule has 0 aromatic heterocycles. The van der Waals surface area contributed by atoms with Gasteiger partial charge in [0.25, 0.3) is 0 Å². The zero-order valence-electron chi connectivity index (χ0n) is 13.7. The normalized spacial score (nSPS) is 12.2. The maximum absolute atomic E-state index is 5.80. The molecular formula is C16H28IN3O2. The van der Waals surface area contributed by atoms with Crippen molar-refractivity contribution >= 4 is 29.9 Å². The standard InChI is InChI=1S/C16H27N3O2.HI/c1-4-20-12-8-11-18-16(17-3)19-13-14(2)21-15-9-6-5-7-10-15;/h5-7,9-10,14H,4,8,11-13H2,1-3H3,(H2,17,18,19);1H. The minimum Gasteiger partial charge on any atom is -0.489 e. The maximum Gasteiger partial charge on any atom is 0.191 e. The Morgan fingerprint density at radius 3 is 2.59 bits per heavy atom. The quantitative estimate of drug-likeness (QED) is 0.279. The third-order valence-electron chi connectivity index (χ3n) is 2.82. The number of ether oxygens (including phenoxy) is 2. The molecule has 0 saturated carbocycles. The van der Waals surface area contributed by atoms with Gasteiger partial charge in [-0.3, -0.25) is 4.99 Å². The van der Waals surface area contributed by atoms with Gasteiger partial charge in [0, 0.05) is 26.8 Å². The molecule has 1 aromatic carbocycles. The first-order valence-corrected chi connectivity index (χ1v) is 7.50. The van der Waals surface area contributed by atoms with Crippen LogP contribution in [-0.4, -0.2) is 45.4 Å². The fourth-order valence-electron chi connectivity index (χ4n) is 1.76. The van der Waals surface area contributed by atoms with E-state index in [1.807, 2.05) is 44.2 Å². The number of halogens is 1. The highest BCUT2D eigenvalue weighted by atomic mass is 127. The highest BCUT2D eigenvalue weighted by molar-refractivity contribution is 14.0. The highest BCUT2D eigenvalue weighted by Crippen LogP contribution is 2.10. The number of nitrogens with one attached hydrogen (secondary N) is 2. The van der Waals surface area contributed by atoms with Gasteiger partial charge in [0.05, 0.1) is 6.54 Å². The SMILES string of the molecule is CCOCCCNC(=NC)NCC(C)Oc1ccccc1.I. The predicted molar refractivity (Wildman–Crippen MR) is 102 cm³/mol. The molecule has 1 atom stereocenters. The number of aliphatic imine (C=N–C) groups is 1. The monoisotopic (exact) mass is 421 g/mol. The second-order valence-electron chi connectivity index (χ2n) is 4.67. The third kappa shape index (κ3) is 9.83. The molecule has 126 valence electrons. The van der Waals surface area contributed by atoms with E-state index in [0.29, 0.717) is 6.54 Å². The molecule has 6 heteroatoms. The van der Waals surface area contributed by atoms with Gasteiger partial charge in [0.15, 0.2) is 5.96 Å². The van der Waals surface area contributed by atoms with Crippen molar-refractivity contribution < 1.29 is 9.47 Å². The van der Waals surface area contributed by atoms with Gasteiger partial charge in [-0.2, -0.15) is 0 Å². The Balaban J connectivity index is 0.00000441. The van der Waals surface area contributed by atoms with Crippen LogP contribution in [0.25, 0.3) is 0 Å². The van der Waals surface area contributed by atoms with Crippen molar-refractivity contribution in [2.45, 2.75) is 26.4 Å². The average Bonchev–Trinajstić information content (AvgIpc) is 2.51. The Hall–Kier alpha value is -1.02. The molecule has 1 unspecified atom stereocenters. The summed E-state index contributed by atoms with van der Waals surface area (Å²) in [6.07, 6.45) is 1.03. The summed E-state index contributed by atoms with van der Waals surface area (Å²) in [6, 6.07) is 9.82. The van der Waals surface area contributed by atoms with E-state index in [0.717, 1.165) is 37.9 Å². The van der Waals surface area contributed by atoms with Crippen LogP contribution in [0.2, 0.25) is 0 Å². The number of nitrogens with zero attached hydrogens (tertiary/aromatic N) is 1. The number of rotatable bonds is 9. The van der Waals surface area contributed by atoms with Crippen LogP contribution >= 0.6 is 24.0 Å². The Morgan fingerprint density at radius 2 is 1.95 bits per heavy atom. The Morgan fingerprint density at radius 1 is 1.23 bits per heavy atom. The topological polar surface area (TPSA) is 54.9 Å². The molecule has 22 heavy (non-hydrogen) atoms. The first kappa shape index (κ1) is 21.0. The summed E-state index contributed by atoms with van der Waals surface area (Å²) < 4.78 is 11.1. The van der Waals surface area contributed by atoms with Crippen molar-refractivity contribution in [1.29, 1.82) is 0 Å². The molecule has 1 aromatic rings. The van der Waals surface area contributed by atoms with Crippen molar-refractivity contribution in [2.24, 2.45) is 4.99 Å². The Kier molecular flexibility index (Phi) is 13.0. The lowest BCUT2D eigenvalue weighted by Crippen LogP contribution is -2.42. The summed E-state index contributed by atoms with van der Waals surface area (Å²) >= 11 is 0. The van der Waals surface area contributed by atoms with E-state index in [9.17, 15) is 0 Å². The Labute approximate surface area is 150 Å². The number of hydrogen-bond acceptors (Lipinski definition) is 3. The van der Waals surface area contributed by atoms with Gasteiger partial charge in [0.2, 0.25) is 0 Å². The molecule has 0 aliphatic heterocycles. The van der Waals surface area contributed by atoms with E-state index in [4.69, 9.17) is 9.47 Å². The van der Waals surface area contributed by atoms with Gasteiger partial charge in [-0.05, 0) is 32.4 Å². The molecule has 0 aliphatic carbocycles. The molecule has 0 heterocycles. The van der Waals surface area contributed by atoms with Gasteiger partial charge in [0.1, 0.15) is 11.9 Å². The van der Waals surface area contributed by atoms with E-state index < -0.39 is 0 Å². The predicted octanol–water partition coefficient (Wildman–Crippen LogP) is 2.66. The van der Waals surface area contributed by atoms with E-state index in [-0.39, 0.29) is 30.1 Å². The number of para-hydroxylation sites is 1. The zero-order chi connectivity index (χ0) is 15.3. The van der Waals surface area contributed by atoms with Gasteiger partial charge < -0.3 is 20.1 Å². The summed E-state index contributed by atoms with van der Waals surface area (Å²) in [6.45, 7) is 7.10. The fourth-order valence-corrected chi connectivity index (χ4v) is 1.76. The van der Waals surface area contributed by atoms with Gasteiger partial charge in [-0.1, -0.05) is 18.2 Å². The molecule has 0 bridgehead atoms. The van der Waals surface area contributed by atoms with E-state index in [1.54, 1.807) is 7.05 Å². The summed E-state index contributed by atoms with van der Waals surface area (Å²) in [7, 11) is 1.76. The lowest BCUT2D eigenvalue weighted by Gasteiger charge is -2.17. The molecular weight excluding hydrogens is 393 g/mol. The lowest BCUT2D eigenvalue weighted by molar-refractivity contribution is 0.145. The van der Waals surface area contributed by atoms with Crippen LogP contribution in [0.3, 0.4) is 0 Å². The minimum atomic E-state index is 0. The number of hydrogen-bond donors (Lipinski definition) is 2. The smallest absolute Gasteiger partial charge is 0.191 e. The van der Waals surface area contributed by atoms with Crippen LogP contribution in [0, 0.1) is 0 Å². The number of guanidine groups is 1. The summed E-state index contributed by atoms with van der Waals surface area (Å²) in [5.74, 6) is 1.67. The number of benzene rings is 1. The summed E-state index contributed by atoms with van der Waals surface area (Å²) in [4.78, 5) is 4.18. The molecule has 0 radical (unpaired) electrons. The first-order chi connectivity index (χ1) is 10.3. The lowest BCUT2D eigenvalue weighted by atomic mass is 10.3. The molecule has 0 fully saturated rings. The maximum atomic E-state index is 5.80. The van der Waals surface area contributed by atoms with E-state index >= 15 is 0 Å². The minimum absolute atomic E-state index is 0. The second kappa shape index (κ2) is 13.6. The zero-order valence-corrected chi connectivity index (χ0v) is 16.0. The second-order valence-corrected chi connectivity index (χ2v) is 4.67. The molecule has 2 N–H and O–H groups in total. The molecule has 0 saturated heterocycles. The highest BCUT2D eigenvalue weighted by Gasteiger charge is 2.05. The van der Waals surface area contributed by atoms with Crippen LogP contribution < -0.4 is 15.4 Å². The van der Waals surface area contributed by atoms with Crippen molar-refractivity contribution in [3.05, 3.63) is 30.3 Å².